The van der Waals surface area contributed by atoms with Gasteiger partial charge in [-0.15, -0.1) is 0 Å². The highest BCUT2D eigenvalue weighted by molar-refractivity contribution is 6.06. The SMILES string of the molecule is COc1ccc(NC(=O)c2cccc(C(=O)N3CCN(C=O)CC3)c2)cc1. The summed E-state index contributed by atoms with van der Waals surface area (Å²) in [5, 5.41) is 2.80. The van der Waals surface area contributed by atoms with Crippen LogP contribution in [0.15, 0.2) is 48.5 Å². The number of rotatable bonds is 5. The van der Waals surface area contributed by atoms with E-state index in [9.17, 15) is 14.4 Å². The average molecular weight is 367 g/mol. The Hall–Kier alpha value is -3.35. The third-order valence-electron chi connectivity index (χ3n) is 4.47. The third-order valence-corrected chi connectivity index (χ3v) is 4.47. The minimum absolute atomic E-state index is 0.139. The Kier molecular flexibility index (Phi) is 5.71. The molecule has 3 amide bonds. The molecule has 1 saturated heterocycles. The zero-order chi connectivity index (χ0) is 19.2. The predicted molar refractivity (Wildman–Crippen MR) is 101 cm³/mol. The maximum Gasteiger partial charge on any atom is 0.255 e. The number of carbonyl (C=O) groups is 3. The number of nitrogens with zero attached hydrogens (tertiary/aromatic N) is 2. The van der Waals surface area contributed by atoms with E-state index in [0.29, 0.717) is 48.7 Å². The number of carbonyl (C=O) groups excluding carboxylic acids is 3. The van der Waals surface area contributed by atoms with Gasteiger partial charge in [-0.1, -0.05) is 6.07 Å². The summed E-state index contributed by atoms with van der Waals surface area (Å²) in [5.74, 6) is 0.274. The Morgan fingerprint density at radius 1 is 1.00 bits per heavy atom. The first kappa shape index (κ1) is 18.4. The van der Waals surface area contributed by atoms with E-state index < -0.39 is 0 Å². The number of benzene rings is 2. The van der Waals surface area contributed by atoms with Gasteiger partial charge in [-0.2, -0.15) is 0 Å². The first-order chi connectivity index (χ1) is 13.1. The van der Waals surface area contributed by atoms with Crippen molar-refractivity contribution >= 4 is 23.9 Å². The number of hydrogen-bond acceptors (Lipinski definition) is 4. The summed E-state index contributed by atoms with van der Waals surface area (Å²) in [4.78, 5) is 39.3. The van der Waals surface area contributed by atoms with Crippen LogP contribution in [0, 0.1) is 0 Å². The zero-order valence-electron chi connectivity index (χ0n) is 15.1. The van der Waals surface area contributed by atoms with Gasteiger partial charge in [0.15, 0.2) is 0 Å². The van der Waals surface area contributed by atoms with Crippen molar-refractivity contribution in [1.29, 1.82) is 0 Å². The predicted octanol–water partition coefficient (Wildman–Crippen LogP) is 1.86. The van der Waals surface area contributed by atoms with Gasteiger partial charge in [0.2, 0.25) is 6.41 Å². The summed E-state index contributed by atoms with van der Waals surface area (Å²) in [6, 6.07) is 13.7. The number of ether oxygens (including phenoxy) is 1. The number of methoxy groups -OCH3 is 1. The lowest BCUT2D eigenvalue weighted by atomic mass is 10.1. The molecule has 1 heterocycles. The standard InChI is InChI=1S/C20H21N3O4/c1-27-18-7-5-17(6-8-18)21-19(25)15-3-2-4-16(13-15)20(26)23-11-9-22(14-24)10-12-23/h2-8,13-14H,9-12H2,1H3,(H,21,25). The van der Waals surface area contributed by atoms with Gasteiger partial charge in [0.25, 0.3) is 11.8 Å². The maximum absolute atomic E-state index is 12.7. The number of amides is 3. The number of nitrogens with one attached hydrogen (secondary N) is 1. The van der Waals surface area contributed by atoms with Crippen LogP contribution >= 0.6 is 0 Å². The van der Waals surface area contributed by atoms with Crippen molar-refractivity contribution in [3.05, 3.63) is 59.7 Å². The molecule has 1 N–H and O–H groups in total. The minimum atomic E-state index is -0.291. The molecule has 0 bridgehead atoms. The van der Waals surface area contributed by atoms with Crippen molar-refractivity contribution in [1.82, 2.24) is 9.80 Å². The lowest BCUT2D eigenvalue weighted by Gasteiger charge is -2.32. The Bertz CT molecular complexity index is 827. The van der Waals surface area contributed by atoms with Crippen LogP contribution in [0.2, 0.25) is 0 Å². The monoisotopic (exact) mass is 367 g/mol. The fourth-order valence-electron chi connectivity index (χ4n) is 2.88. The van der Waals surface area contributed by atoms with Gasteiger partial charge in [0, 0.05) is 43.0 Å². The average Bonchev–Trinajstić information content (AvgIpc) is 2.74. The fourth-order valence-corrected chi connectivity index (χ4v) is 2.88. The molecule has 1 fully saturated rings. The Morgan fingerprint density at radius 2 is 1.67 bits per heavy atom. The molecule has 1 aliphatic heterocycles. The highest BCUT2D eigenvalue weighted by Gasteiger charge is 2.22. The maximum atomic E-state index is 12.7. The lowest BCUT2D eigenvalue weighted by molar-refractivity contribution is -0.119. The largest absolute Gasteiger partial charge is 0.497 e. The van der Waals surface area contributed by atoms with Gasteiger partial charge in [0.05, 0.1) is 7.11 Å². The topological polar surface area (TPSA) is 79.0 Å². The molecule has 0 atom stereocenters. The van der Waals surface area contributed by atoms with E-state index in [1.165, 1.54) is 0 Å². The van der Waals surface area contributed by atoms with Crippen LogP contribution in [0.25, 0.3) is 0 Å². The number of piperazine rings is 1. The highest BCUT2D eigenvalue weighted by atomic mass is 16.5. The molecule has 0 radical (unpaired) electrons. The summed E-state index contributed by atoms with van der Waals surface area (Å²) in [6.45, 7) is 2.01. The molecular weight excluding hydrogens is 346 g/mol. The fraction of sp³-hybridized carbons (Fsp3) is 0.250. The van der Waals surface area contributed by atoms with Gasteiger partial charge >= 0.3 is 0 Å². The molecule has 0 unspecified atom stereocenters. The second-order valence-corrected chi connectivity index (χ2v) is 6.20. The van der Waals surface area contributed by atoms with Crippen molar-refractivity contribution in [3.8, 4) is 5.75 Å². The summed E-state index contributed by atoms with van der Waals surface area (Å²) >= 11 is 0. The van der Waals surface area contributed by atoms with Gasteiger partial charge < -0.3 is 19.9 Å². The van der Waals surface area contributed by atoms with Crippen molar-refractivity contribution in [2.24, 2.45) is 0 Å². The molecule has 7 nitrogen and oxygen atoms in total. The molecular formula is C20H21N3O4. The number of hydrogen-bond donors (Lipinski definition) is 1. The van der Waals surface area contributed by atoms with E-state index >= 15 is 0 Å². The van der Waals surface area contributed by atoms with E-state index in [-0.39, 0.29) is 11.8 Å². The summed E-state index contributed by atoms with van der Waals surface area (Å²) in [5.41, 5.74) is 1.50. The van der Waals surface area contributed by atoms with E-state index in [4.69, 9.17) is 4.74 Å². The molecule has 7 heteroatoms. The first-order valence-corrected chi connectivity index (χ1v) is 8.65. The van der Waals surface area contributed by atoms with Crippen molar-refractivity contribution in [3.63, 3.8) is 0 Å². The Balaban J connectivity index is 1.68. The van der Waals surface area contributed by atoms with Crippen molar-refractivity contribution in [2.75, 3.05) is 38.6 Å². The van der Waals surface area contributed by atoms with Crippen LogP contribution in [0.1, 0.15) is 20.7 Å². The molecule has 140 valence electrons. The van der Waals surface area contributed by atoms with E-state index in [1.54, 1.807) is 65.4 Å². The molecule has 27 heavy (non-hydrogen) atoms. The zero-order valence-corrected chi connectivity index (χ0v) is 15.1. The molecule has 0 saturated carbocycles. The van der Waals surface area contributed by atoms with Crippen LogP contribution in [0.5, 0.6) is 5.75 Å². The van der Waals surface area contributed by atoms with E-state index in [1.807, 2.05) is 0 Å². The van der Waals surface area contributed by atoms with E-state index in [0.717, 1.165) is 6.41 Å². The number of anilines is 1. The second kappa shape index (κ2) is 8.35. The third kappa shape index (κ3) is 4.44. The van der Waals surface area contributed by atoms with Crippen LogP contribution < -0.4 is 10.1 Å². The Labute approximate surface area is 157 Å². The van der Waals surface area contributed by atoms with Crippen LogP contribution in [0.4, 0.5) is 5.69 Å². The van der Waals surface area contributed by atoms with Gasteiger partial charge in [-0.05, 0) is 42.5 Å². The van der Waals surface area contributed by atoms with Crippen LogP contribution in [-0.4, -0.2) is 61.3 Å². The minimum Gasteiger partial charge on any atom is -0.497 e. The normalized spacial score (nSPS) is 13.8. The molecule has 3 rings (SSSR count). The molecule has 0 aliphatic carbocycles. The Morgan fingerprint density at radius 3 is 2.30 bits per heavy atom. The van der Waals surface area contributed by atoms with Gasteiger partial charge in [-0.3, -0.25) is 14.4 Å². The first-order valence-electron chi connectivity index (χ1n) is 8.65. The van der Waals surface area contributed by atoms with Crippen molar-refractivity contribution in [2.45, 2.75) is 0 Å². The quantitative estimate of drug-likeness (QED) is 0.818. The van der Waals surface area contributed by atoms with Crippen LogP contribution in [0.3, 0.4) is 0 Å². The lowest BCUT2D eigenvalue weighted by Crippen LogP contribution is -2.48. The summed E-state index contributed by atoms with van der Waals surface area (Å²) < 4.78 is 5.10. The highest BCUT2D eigenvalue weighted by Crippen LogP contribution is 2.17. The van der Waals surface area contributed by atoms with Gasteiger partial charge in [-0.25, -0.2) is 0 Å². The van der Waals surface area contributed by atoms with Crippen molar-refractivity contribution < 1.29 is 19.1 Å². The molecule has 1 aliphatic rings. The molecule has 0 spiro atoms. The van der Waals surface area contributed by atoms with Gasteiger partial charge in [0.1, 0.15) is 5.75 Å². The smallest absolute Gasteiger partial charge is 0.255 e. The second-order valence-electron chi connectivity index (χ2n) is 6.20. The summed E-state index contributed by atoms with van der Waals surface area (Å²) in [6.07, 6.45) is 0.798. The van der Waals surface area contributed by atoms with E-state index in [2.05, 4.69) is 5.32 Å². The molecule has 2 aromatic carbocycles. The van der Waals surface area contributed by atoms with Crippen LogP contribution in [-0.2, 0) is 4.79 Å². The molecule has 2 aromatic rings. The summed E-state index contributed by atoms with van der Waals surface area (Å²) in [7, 11) is 1.58. The molecule has 0 aromatic heterocycles.